The minimum atomic E-state index is -0.544. The van der Waals surface area contributed by atoms with Crippen LogP contribution in [0.1, 0.15) is 50.7 Å². The molecule has 1 aliphatic heterocycles. The third-order valence-electron chi connectivity index (χ3n) is 6.40. The summed E-state index contributed by atoms with van der Waals surface area (Å²) in [7, 11) is 2.95. The zero-order chi connectivity index (χ0) is 24.5. The molecule has 1 aliphatic carbocycles. The summed E-state index contributed by atoms with van der Waals surface area (Å²) in [6, 6.07) is 15.4. The average molecular weight is 462 g/mol. The Kier molecular flexibility index (Phi) is 6.51. The van der Waals surface area contributed by atoms with E-state index in [0.717, 1.165) is 23.2 Å². The van der Waals surface area contributed by atoms with Gasteiger partial charge in [-0.2, -0.15) is 0 Å². The highest BCUT2D eigenvalue weighted by atomic mass is 16.5. The molecule has 0 saturated carbocycles. The number of benzene rings is 2. The second kappa shape index (κ2) is 9.37. The molecule has 1 heterocycles. The van der Waals surface area contributed by atoms with E-state index in [-0.39, 0.29) is 11.2 Å². The number of carbonyl (C=O) groups is 2. The van der Waals surface area contributed by atoms with Crippen LogP contribution in [-0.2, 0) is 20.9 Å². The van der Waals surface area contributed by atoms with E-state index in [1.165, 1.54) is 7.11 Å². The van der Waals surface area contributed by atoms with Crippen LogP contribution in [0.3, 0.4) is 0 Å². The first-order chi connectivity index (χ1) is 16.2. The van der Waals surface area contributed by atoms with Crippen LogP contribution < -0.4 is 14.8 Å². The van der Waals surface area contributed by atoms with Gasteiger partial charge in [0.2, 0.25) is 0 Å². The first-order valence-corrected chi connectivity index (χ1v) is 11.4. The fourth-order valence-electron chi connectivity index (χ4n) is 4.87. The Morgan fingerprint density at radius 1 is 1.06 bits per heavy atom. The molecule has 0 aromatic heterocycles. The summed E-state index contributed by atoms with van der Waals surface area (Å²) in [5.74, 6) is 0.175. The summed E-state index contributed by atoms with van der Waals surface area (Å²) < 4.78 is 16.8. The Labute approximate surface area is 200 Å². The van der Waals surface area contributed by atoms with Gasteiger partial charge in [0.25, 0.3) is 0 Å². The van der Waals surface area contributed by atoms with Crippen molar-refractivity contribution in [2.75, 3.05) is 14.2 Å². The molecule has 2 aromatic rings. The van der Waals surface area contributed by atoms with Crippen molar-refractivity contribution in [3.63, 3.8) is 0 Å². The fraction of sp³-hybridized carbons (Fsp3) is 0.357. The second-order valence-corrected chi connectivity index (χ2v) is 9.61. The number of allylic oxidation sites excluding steroid dienone is 3. The van der Waals surface area contributed by atoms with Crippen LogP contribution in [0.5, 0.6) is 11.5 Å². The maximum absolute atomic E-state index is 13.4. The van der Waals surface area contributed by atoms with E-state index >= 15 is 0 Å². The Bertz CT molecular complexity index is 1180. The highest BCUT2D eigenvalue weighted by Gasteiger charge is 2.43. The number of ketones is 1. The molecule has 178 valence electrons. The van der Waals surface area contributed by atoms with E-state index in [2.05, 4.69) is 19.2 Å². The van der Waals surface area contributed by atoms with E-state index in [1.54, 1.807) is 7.11 Å². The number of nitrogens with one attached hydrogen (secondary N) is 1. The standard InChI is InChI=1S/C28H31NO5/c1-17-24(27(31)33-5)25(26-20(29-17)14-28(2,3)15-21(26)30)19-11-12-22(32-4)23(13-19)34-16-18-9-7-6-8-10-18/h6-13,25,29H,14-16H2,1-5H3. The lowest BCUT2D eigenvalue weighted by Gasteiger charge is -2.39. The van der Waals surface area contributed by atoms with E-state index in [0.29, 0.717) is 41.4 Å². The molecule has 1 unspecified atom stereocenters. The topological polar surface area (TPSA) is 73.9 Å². The van der Waals surface area contributed by atoms with Gasteiger partial charge >= 0.3 is 5.97 Å². The monoisotopic (exact) mass is 461 g/mol. The number of esters is 1. The van der Waals surface area contributed by atoms with Gasteiger partial charge in [-0.3, -0.25) is 4.79 Å². The van der Waals surface area contributed by atoms with Gasteiger partial charge in [-0.25, -0.2) is 4.79 Å². The molecule has 4 rings (SSSR count). The van der Waals surface area contributed by atoms with Crippen LogP contribution in [0.4, 0.5) is 0 Å². The van der Waals surface area contributed by atoms with Crippen molar-refractivity contribution in [2.45, 2.75) is 46.1 Å². The van der Waals surface area contributed by atoms with Gasteiger partial charge in [0, 0.05) is 29.3 Å². The van der Waals surface area contributed by atoms with Crippen LogP contribution in [0.25, 0.3) is 0 Å². The molecule has 34 heavy (non-hydrogen) atoms. The summed E-state index contributed by atoms with van der Waals surface area (Å²) in [4.78, 5) is 26.3. The van der Waals surface area contributed by atoms with Crippen LogP contribution in [-0.4, -0.2) is 26.0 Å². The highest BCUT2D eigenvalue weighted by Crippen LogP contribution is 2.47. The van der Waals surface area contributed by atoms with Gasteiger partial charge in [0.15, 0.2) is 17.3 Å². The zero-order valence-electron chi connectivity index (χ0n) is 20.4. The Hall–Kier alpha value is -3.54. The van der Waals surface area contributed by atoms with Crippen LogP contribution in [0.2, 0.25) is 0 Å². The molecule has 0 bridgehead atoms. The van der Waals surface area contributed by atoms with E-state index in [1.807, 2.05) is 55.5 Å². The molecule has 0 saturated heterocycles. The third kappa shape index (κ3) is 4.58. The number of hydrogen-bond acceptors (Lipinski definition) is 6. The van der Waals surface area contributed by atoms with E-state index < -0.39 is 11.9 Å². The van der Waals surface area contributed by atoms with E-state index in [4.69, 9.17) is 14.2 Å². The molecule has 0 radical (unpaired) electrons. The van der Waals surface area contributed by atoms with Gasteiger partial charge in [0.1, 0.15) is 6.61 Å². The predicted octanol–water partition coefficient (Wildman–Crippen LogP) is 5.05. The second-order valence-electron chi connectivity index (χ2n) is 9.61. The minimum absolute atomic E-state index is 0.0419. The van der Waals surface area contributed by atoms with Crippen LogP contribution >= 0.6 is 0 Å². The quantitative estimate of drug-likeness (QED) is 0.607. The molecule has 0 amide bonds. The number of dihydropyridines is 1. The predicted molar refractivity (Wildman–Crippen MR) is 129 cm³/mol. The maximum atomic E-state index is 13.4. The Balaban J connectivity index is 1.80. The van der Waals surface area contributed by atoms with Crippen molar-refractivity contribution in [3.05, 3.63) is 82.2 Å². The molecule has 1 N–H and O–H groups in total. The first-order valence-electron chi connectivity index (χ1n) is 11.4. The van der Waals surface area contributed by atoms with Gasteiger partial charge in [-0.1, -0.05) is 50.2 Å². The lowest BCUT2D eigenvalue weighted by molar-refractivity contribution is -0.136. The van der Waals surface area contributed by atoms with Gasteiger partial charge in [-0.05, 0) is 42.0 Å². The summed E-state index contributed by atoms with van der Waals surface area (Å²) in [6.45, 7) is 6.39. The van der Waals surface area contributed by atoms with Crippen LogP contribution in [0.15, 0.2) is 71.1 Å². The molecule has 2 aliphatic rings. The molecular weight excluding hydrogens is 430 g/mol. The Morgan fingerprint density at radius 2 is 1.79 bits per heavy atom. The molecule has 6 heteroatoms. The number of methoxy groups -OCH3 is 2. The first kappa shape index (κ1) is 23.6. The SMILES string of the molecule is COC(=O)C1=C(C)NC2=C(C(=O)CC(C)(C)C2)C1c1ccc(OC)c(OCc2ccccc2)c1. The molecule has 1 atom stereocenters. The maximum Gasteiger partial charge on any atom is 0.336 e. The number of rotatable bonds is 6. The summed E-state index contributed by atoms with van der Waals surface area (Å²) in [5, 5.41) is 3.33. The molecule has 0 spiro atoms. The lowest BCUT2D eigenvalue weighted by Crippen LogP contribution is -2.38. The van der Waals surface area contributed by atoms with Crippen molar-refractivity contribution in [1.29, 1.82) is 0 Å². The van der Waals surface area contributed by atoms with Crippen molar-refractivity contribution in [3.8, 4) is 11.5 Å². The number of Topliss-reactive ketones (excluding diaryl/α,β-unsaturated/α-hetero) is 1. The van der Waals surface area contributed by atoms with Gasteiger partial charge < -0.3 is 19.5 Å². The van der Waals surface area contributed by atoms with Crippen molar-refractivity contribution >= 4 is 11.8 Å². The number of carbonyl (C=O) groups excluding carboxylic acids is 2. The largest absolute Gasteiger partial charge is 0.493 e. The lowest BCUT2D eigenvalue weighted by atomic mass is 9.68. The van der Waals surface area contributed by atoms with Crippen molar-refractivity contribution in [2.24, 2.45) is 5.41 Å². The van der Waals surface area contributed by atoms with Crippen molar-refractivity contribution in [1.82, 2.24) is 5.32 Å². The number of hydrogen-bond donors (Lipinski definition) is 1. The van der Waals surface area contributed by atoms with Gasteiger partial charge in [0.05, 0.1) is 19.8 Å². The Morgan fingerprint density at radius 3 is 2.47 bits per heavy atom. The smallest absolute Gasteiger partial charge is 0.336 e. The van der Waals surface area contributed by atoms with E-state index in [9.17, 15) is 9.59 Å². The van der Waals surface area contributed by atoms with Gasteiger partial charge in [-0.15, -0.1) is 0 Å². The molecule has 6 nitrogen and oxygen atoms in total. The third-order valence-corrected chi connectivity index (χ3v) is 6.40. The summed E-state index contributed by atoms with van der Waals surface area (Å²) >= 11 is 0. The average Bonchev–Trinajstić information content (AvgIpc) is 2.81. The molecule has 0 fully saturated rings. The van der Waals surface area contributed by atoms with Crippen molar-refractivity contribution < 1.29 is 23.8 Å². The highest BCUT2D eigenvalue weighted by molar-refractivity contribution is 6.04. The zero-order valence-corrected chi connectivity index (χ0v) is 20.4. The summed E-state index contributed by atoms with van der Waals surface area (Å²) in [5.41, 5.74) is 4.30. The molecular formula is C28H31NO5. The minimum Gasteiger partial charge on any atom is -0.493 e. The normalized spacial score (nSPS) is 19.3. The fourth-order valence-corrected chi connectivity index (χ4v) is 4.87. The molecule has 2 aromatic carbocycles. The van der Waals surface area contributed by atoms with Crippen LogP contribution in [0, 0.1) is 5.41 Å². The summed E-state index contributed by atoms with van der Waals surface area (Å²) in [6.07, 6.45) is 1.15. The number of ether oxygens (including phenoxy) is 3.